The number of likely N-dealkylation sites (tertiary alicyclic amines) is 1. The summed E-state index contributed by atoms with van der Waals surface area (Å²) in [5, 5.41) is 0. The first-order chi connectivity index (χ1) is 10.0. The molecule has 1 aliphatic heterocycles. The molecule has 21 heavy (non-hydrogen) atoms. The second kappa shape index (κ2) is 5.64. The lowest BCUT2D eigenvalue weighted by atomic mass is 9.94. The third-order valence-electron chi connectivity index (χ3n) is 4.66. The molecule has 1 aliphatic rings. The molecule has 1 saturated heterocycles. The van der Waals surface area contributed by atoms with Gasteiger partial charge in [-0.05, 0) is 63.9 Å². The molecule has 0 bridgehead atoms. The largest absolute Gasteiger partial charge is 0.369 e. The van der Waals surface area contributed by atoms with Crippen molar-refractivity contribution in [1.82, 2.24) is 14.5 Å². The third-order valence-corrected chi connectivity index (χ3v) is 4.66. The Kier molecular flexibility index (Phi) is 3.85. The molecule has 3 rings (SSSR count). The van der Waals surface area contributed by atoms with E-state index < -0.39 is 0 Å². The number of nitrogens with two attached hydrogens (primary N) is 1. The van der Waals surface area contributed by atoms with E-state index in [1.807, 2.05) is 10.6 Å². The van der Waals surface area contributed by atoms with Crippen LogP contribution in [0.3, 0.4) is 0 Å². The summed E-state index contributed by atoms with van der Waals surface area (Å²) < 4.78 is 15.6. The lowest BCUT2D eigenvalue weighted by Crippen LogP contribution is -2.30. The molecule has 2 heterocycles. The zero-order valence-corrected chi connectivity index (χ0v) is 12.8. The van der Waals surface area contributed by atoms with E-state index in [9.17, 15) is 4.39 Å². The van der Waals surface area contributed by atoms with E-state index in [0.29, 0.717) is 17.0 Å². The molecule has 0 aliphatic carbocycles. The summed E-state index contributed by atoms with van der Waals surface area (Å²) >= 11 is 0. The average Bonchev–Trinajstić information content (AvgIpc) is 2.74. The highest BCUT2D eigenvalue weighted by atomic mass is 19.1. The SMILES string of the molecule is Cc1cc2c(cc1F)nc(N)n2CCC1CCN(C)CC1. The number of hydrogen-bond acceptors (Lipinski definition) is 3. The summed E-state index contributed by atoms with van der Waals surface area (Å²) in [4.78, 5) is 6.66. The van der Waals surface area contributed by atoms with Gasteiger partial charge < -0.3 is 15.2 Å². The standard InChI is InChI=1S/C16H23FN4/c1-11-9-15-14(10-13(11)17)19-16(18)21(15)8-5-12-3-6-20(2)7-4-12/h9-10,12H,3-8H2,1-2H3,(H2,18,19). The van der Waals surface area contributed by atoms with Gasteiger partial charge in [0.05, 0.1) is 11.0 Å². The van der Waals surface area contributed by atoms with Crippen molar-refractivity contribution in [2.45, 2.75) is 32.7 Å². The molecule has 114 valence electrons. The van der Waals surface area contributed by atoms with Crippen LogP contribution in [0, 0.1) is 18.7 Å². The maximum atomic E-state index is 13.6. The number of rotatable bonds is 3. The van der Waals surface area contributed by atoms with Crippen LogP contribution < -0.4 is 5.73 Å². The van der Waals surface area contributed by atoms with Crippen LogP contribution in [-0.4, -0.2) is 34.6 Å². The van der Waals surface area contributed by atoms with Crippen LogP contribution in [0.1, 0.15) is 24.8 Å². The first kappa shape index (κ1) is 14.3. The monoisotopic (exact) mass is 290 g/mol. The summed E-state index contributed by atoms with van der Waals surface area (Å²) in [5.41, 5.74) is 8.25. The molecule has 4 nitrogen and oxygen atoms in total. The number of benzene rings is 1. The number of nitrogen functional groups attached to an aromatic ring is 1. The first-order valence-corrected chi connectivity index (χ1v) is 7.65. The quantitative estimate of drug-likeness (QED) is 0.945. The highest BCUT2D eigenvalue weighted by Gasteiger charge is 2.18. The molecule has 2 aromatic rings. The Morgan fingerprint density at radius 3 is 2.76 bits per heavy atom. The topological polar surface area (TPSA) is 47.1 Å². The molecule has 5 heteroatoms. The Morgan fingerprint density at radius 2 is 2.05 bits per heavy atom. The Balaban J connectivity index is 1.77. The van der Waals surface area contributed by atoms with Crippen LogP contribution in [0.5, 0.6) is 0 Å². The highest BCUT2D eigenvalue weighted by molar-refractivity contribution is 5.79. The number of fused-ring (bicyclic) bond motifs is 1. The third kappa shape index (κ3) is 2.88. The molecule has 0 saturated carbocycles. The van der Waals surface area contributed by atoms with Gasteiger partial charge in [-0.1, -0.05) is 0 Å². The van der Waals surface area contributed by atoms with E-state index >= 15 is 0 Å². The zero-order chi connectivity index (χ0) is 15.0. The van der Waals surface area contributed by atoms with Crippen molar-refractivity contribution in [3.05, 3.63) is 23.5 Å². The fourth-order valence-corrected chi connectivity index (χ4v) is 3.17. The van der Waals surface area contributed by atoms with E-state index in [-0.39, 0.29) is 5.82 Å². The molecule has 1 fully saturated rings. The fraction of sp³-hybridized carbons (Fsp3) is 0.562. The van der Waals surface area contributed by atoms with Gasteiger partial charge in [0.25, 0.3) is 0 Å². The molecule has 0 amide bonds. The van der Waals surface area contributed by atoms with Gasteiger partial charge in [-0.3, -0.25) is 0 Å². The second-order valence-corrected chi connectivity index (χ2v) is 6.25. The van der Waals surface area contributed by atoms with Crippen LogP contribution in [0.2, 0.25) is 0 Å². The number of aromatic nitrogens is 2. The summed E-state index contributed by atoms with van der Waals surface area (Å²) in [6.45, 7) is 4.99. The van der Waals surface area contributed by atoms with E-state index in [0.717, 1.165) is 24.4 Å². The van der Waals surface area contributed by atoms with Crippen LogP contribution in [-0.2, 0) is 6.54 Å². The molecule has 1 aromatic heterocycles. The second-order valence-electron chi connectivity index (χ2n) is 6.25. The minimum Gasteiger partial charge on any atom is -0.369 e. The van der Waals surface area contributed by atoms with Crippen molar-refractivity contribution in [1.29, 1.82) is 0 Å². The maximum Gasteiger partial charge on any atom is 0.201 e. The summed E-state index contributed by atoms with van der Waals surface area (Å²) in [7, 11) is 2.18. The van der Waals surface area contributed by atoms with Crippen LogP contribution in [0.4, 0.5) is 10.3 Å². The van der Waals surface area contributed by atoms with E-state index in [1.165, 1.54) is 32.0 Å². The number of halogens is 1. The van der Waals surface area contributed by atoms with Gasteiger partial charge in [-0.2, -0.15) is 0 Å². The normalized spacial score (nSPS) is 17.7. The number of imidazole rings is 1. The van der Waals surface area contributed by atoms with Crippen LogP contribution in [0.25, 0.3) is 11.0 Å². The lowest BCUT2D eigenvalue weighted by Gasteiger charge is -2.29. The number of nitrogens with zero attached hydrogens (tertiary/aromatic N) is 3. The average molecular weight is 290 g/mol. The van der Waals surface area contributed by atoms with E-state index in [1.54, 1.807) is 6.92 Å². The van der Waals surface area contributed by atoms with Gasteiger partial charge in [0.1, 0.15) is 5.82 Å². The molecule has 0 radical (unpaired) electrons. The summed E-state index contributed by atoms with van der Waals surface area (Å²) in [6, 6.07) is 3.33. The van der Waals surface area contributed by atoms with Crippen molar-refractivity contribution < 1.29 is 4.39 Å². The van der Waals surface area contributed by atoms with Crippen molar-refractivity contribution >= 4 is 17.0 Å². The molecule has 2 N–H and O–H groups in total. The molecular formula is C16H23FN4. The van der Waals surface area contributed by atoms with E-state index in [4.69, 9.17) is 5.73 Å². The van der Waals surface area contributed by atoms with Crippen molar-refractivity contribution in [2.24, 2.45) is 5.92 Å². The van der Waals surface area contributed by atoms with Crippen LogP contribution >= 0.6 is 0 Å². The molecule has 1 aromatic carbocycles. The number of aryl methyl sites for hydroxylation is 2. The maximum absolute atomic E-state index is 13.6. The number of anilines is 1. The molecule has 0 unspecified atom stereocenters. The molecular weight excluding hydrogens is 267 g/mol. The number of piperidine rings is 1. The minimum absolute atomic E-state index is 0.220. The first-order valence-electron chi connectivity index (χ1n) is 7.65. The predicted octanol–water partition coefficient (Wildman–Crippen LogP) is 2.80. The minimum atomic E-state index is -0.220. The van der Waals surface area contributed by atoms with Gasteiger partial charge >= 0.3 is 0 Å². The Hall–Kier alpha value is -1.62. The summed E-state index contributed by atoms with van der Waals surface area (Å²) in [5.74, 6) is 1.02. The van der Waals surface area contributed by atoms with Gasteiger partial charge in [0, 0.05) is 12.6 Å². The molecule has 0 spiro atoms. The highest BCUT2D eigenvalue weighted by Crippen LogP contribution is 2.25. The van der Waals surface area contributed by atoms with Crippen molar-refractivity contribution in [2.75, 3.05) is 25.9 Å². The van der Waals surface area contributed by atoms with Gasteiger partial charge in [-0.15, -0.1) is 0 Å². The molecule has 0 atom stereocenters. The Labute approximate surface area is 124 Å². The van der Waals surface area contributed by atoms with Gasteiger partial charge in [-0.25, -0.2) is 9.37 Å². The van der Waals surface area contributed by atoms with Crippen LogP contribution in [0.15, 0.2) is 12.1 Å². The Bertz CT molecular complexity index is 641. The van der Waals surface area contributed by atoms with E-state index in [2.05, 4.69) is 16.9 Å². The van der Waals surface area contributed by atoms with Gasteiger partial charge in [0.2, 0.25) is 5.95 Å². The summed E-state index contributed by atoms with van der Waals surface area (Å²) in [6.07, 6.45) is 3.60. The Morgan fingerprint density at radius 1 is 1.33 bits per heavy atom. The fourth-order valence-electron chi connectivity index (χ4n) is 3.17. The lowest BCUT2D eigenvalue weighted by molar-refractivity contribution is 0.208. The van der Waals surface area contributed by atoms with Crippen molar-refractivity contribution in [3.63, 3.8) is 0 Å². The smallest absolute Gasteiger partial charge is 0.201 e. The van der Waals surface area contributed by atoms with Crippen molar-refractivity contribution in [3.8, 4) is 0 Å². The van der Waals surface area contributed by atoms with Gasteiger partial charge in [0.15, 0.2) is 0 Å². The number of hydrogen-bond donors (Lipinski definition) is 1. The zero-order valence-electron chi connectivity index (χ0n) is 12.8. The predicted molar refractivity (Wildman–Crippen MR) is 83.7 cm³/mol.